The van der Waals surface area contributed by atoms with Crippen molar-refractivity contribution < 1.29 is 24.2 Å². The highest BCUT2D eigenvalue weighted by molar-refractivity contribution is 5.86. The zero-order chi connectivity index (χ0) is 18.9. The second-order valence-corrected chi connectivity index (χ2v) is 6.93. The lowest BCUT2D eigenvalue weighted by Crippen LogP contribution is -2.42. The first kappa shape index (κ1) is 17.7. The predicted molar refractivity (Wildman–Crippen MR) is 98.0 cm³/mol. The van der Waals surface area contributed by atoms with Gasteiger partial charge < -0.3 is 19.5 Å². The minimum absolute atomic E-state index is 0.148. The van der Waals surface area contributed by atoms with Gasteiger partial charge in [0, 0.05) is 6.42 Å². The van der Waals surface area contributed by atoms with Gasteiger partial charge in [-0.1, -0.05) is 54.6 Å². The molecule has 2 aliphatic rings. The molecule has 1 spiro atoms. The van der Waals surface area contributed by atoms with Gasteiger partial charge in [0.2, 0.25) is 5.91 Å². The summed E-state index contributed by atoms with van der Waals surface area (Å²) in [5.41, 5.74) is 3.03. The van der Waals surface area contributed by atoms with Gasteiger partial charge in [0.05, 0.1) is 26.2 Å². The van der Waals surface area contributed by atoms with Gasteiger partial charge in [-0.3, -0.25) is 4.79 Å². The van der Waals surface area contributed by atoms with Crippen molar-refractivity contribution in [3.8, 4) is 11.1 Å². The number of amides is 1. The number of carbonyl (C=O) groups excluding carboxylic acids is 1. The Balaban J connectivity index is 1.47. The fraction of sp³-hybridized carbons (Fsp3) is 0.333. The maximum Gasteiger partial charge on any atom is 0.326 e. The smallest absolute Gasteiger partial charge is 0.326 e. The first-order chi connectivity index (χ1) is 13.1. The molecule has 1 atom stereocenters. The van der Waals surface area contributed by atoms with Gasteiger partial charge in [-0.2, -0.15) is 0 Å². The molecule has 0 aliphatic carbocycles. The summed E-state index contributed by atoms with van der Waals surface area (Å²) < 4.78 is 11.2. The number of aliphatic carboxylic acids is 1. The Labute approximate surface area is 157 Å². The lowest BCUT2D eigenvalue weighted by molar-refractivity contribution is -0.152. The van der Waals surface area contributed by atoms with Crippen LogP contribution in [0.25, 0.3) is 11.1 Å². The number of benzene rings is 2. The highest BCUT2D eigenvalue weighted by Gasteiger charge is 2.52. The highest BCUT2D eigenvalue weighted by Crippen LogP contribution is 2.35. The molecule has 140 valence electrons. The van der Waals surface area contributed by atoms with Crippen LogP contribution in [0.2, 0.25) is 0 Å². The average Bonchev–Trinajstić information content (AvgIpc) is 3.31. The van der Waals surface area contributed by atoms with E-state index < -0.39 is 17.8 Å². The third-order valence-corrected chi connectivity index (χ3v) is 5.13. The van der Waals surface area contributed by atoms with Crippen molar-refractivity contribution in [3.05, 3.63) is 60.2 Å². The number of hydrogen-bond acceptors (Lipinski definition) is 4. The monoisotopic (exact) mass is 367 g/mol. The number of carboxylic acids is 1. The van der Waals surface area contributed by atoms with Crippen LogP contribution in [0, 0.1) is 0 Å². The molecule has 2 heterocycles. The Morgan fingerprint density at radius 2 is 1.63 bits per heavy atom. The van der Waals surface area contributed by atoms with Gasteiger partial charge in [0.15, 0.2) is 5.79 Å². The van der Waals surface area contributed by atoms with E-state index in [2.05, 4.69) is 0 Å². The molecule has 2 aromatic rings. The summed E-state index contributed by atoms with van der Waals surface area (Å²) in [6, 6.07) is 16.8. The molecule has 4 rings (SSSR count). The van der Waals surface area contributed by atoms with E-state index in [1.165, 1.54) is 4.90 Å². The summed E-state index contributed by atoms with van der Waals surface area (Å²) in [6.07, 6.45) is 0.315. The van der Waals surface area contributed by atoms with Crippen molar-refractivity contribution in [2.45, 2.75) is 24.7 Å². The van der Waals surface area contributed by atoms with E-state index in [0.717, 1.165) is 16.7 Å². The molecular formula is C21H21NO5. The Morgan fingerprint density at radius 1 is 1.00 bits per heavy atom. The van der Waals surface area contributed by atoms with Crippen molar-refractivity contribution in [1.82, 2.24) is 4.90 Å². The molecule has 2 aromatic carbocycles. The Morgan fingerprint density at radius 3 is 2.26 bits per heavy atom. The third-order valence-electron chi connectivity index (χ3n) is 5.13. The van der Waals surface area contributed by atoms with Crippen LogP contribution in [0.5, 0.6) is 0 Å². The van der Waals surface area contributed by atoms with Crippen LogP contribution >= 0.6 is 0 Å². The lowest BCUT2D eigenvalue weighted by atomic mass is 10.0. The number of carbonyl (C=O) groups is 2. The van der Waals surface area contributed by atoms with Crippen molar-refractivity contribution in [3.63, 3.8) is 0 Å². The Bertz CT molecular complexity index is 827. The quantitative estimate of drug-likeness (QED) is 0.898. The molecule has 2 aliphatic heterocycles. The molecule has 0 saturated carbocycles. The normalized spacial score (nSPS) is 20.9. The maximum absolute atomic E-state index is 12.8. The van der Waals surface area contributed by atoms with Crippen LogP contribution in [0.3, 0.4) is 0 Å². The molecule has 1 amide bonds. The summed E-state index contributed by atoms with van der Waals surface area (Å²) >= 11 is 0. The molecule has 6 heteroatoms. The standard InChI is InChI=1S/C21H21NO5/c23-19(22-14-21(26-10-11-27-21)13-18(22)20(24)25)12-15-6-8-17(9-7-15)16-4-2-1-3-5-16/h1-9,18H,10-14H2,(H,24,25)/t18-/m0/s1. The number of likely N-dealkylation sites (tertiary alicyclic amines) is 1. The van der Waals surface area contributed by atoms with Crippen molar-refractivity contribution in [2.75, 3.05) is 19.8 Å². The van der Waals surface area contributed by atoms with Gasteiger partial charge in [0.1, 0.15) is 6.04 Å². The summed E-state index contributed by atoms with van der Waals surface area (Å²) in [5, 5.41) is 9.50. The van der Waals surface area contributed by atoms with Crippen molar-refractivity contribution >= 4 is 11.9 Å². The molecule has 2 fully saturated rings. The van der Waals surface area contributed by atoms with E-state index >= 15 is 0 Å². The van der Waals surface area contributed by atoms with Crippen LogP contribution in [0.4, 0.5) is 0 Å². The van der Waals surface area contributed by atoms with Gasteiger partial charge >= 0.3 is 5.97 Å². The summed E-state index contributed by atoms with van der Waals surface area (Å²) in [6.45, 7) is 1.01. The Hall–Kier alpha value is -2.70. The molecule has 0 bridgehead atoms. The van der Waals surface area contributed by atoms with Gasteiger partial charge in [0.25, 0.3) is 0 Å². The molecule has 1 N–H and O–H groups in total. The van der Waals surface area contributed by atoms with Crippen molar-refractivity contribution in [2.24, 2.45) is 0 Å². The molecule has 27 heavy (non-hydrogen) atoms. The number of rotatable bonds is 4. The van der Waals surface area contributed by atoms with Gasteiger partial charge in [-0.25, -0.2) is 4.79 Å². The largest absolute Gasteiger partial charge is 0.480 e. The maximum atomic E-state index is 12.8. The molecular weight excluding hydrogens is 346 g/mol. The van der Waals surface area contributed by atoms with E-state index in [-0.39, 0.29) is 25.3 Å². The number of nitrogens with zero attached hydrogens (tertiary/aromatic N) is 1. The second-order valence-electron chi connectivity index (χ2n) is 6.93. The topological polar surface area (TPSA) is 76.1 Å². The van der Waals surface area contributed by atoms with Crippen LogP contribution in [-0.2, 0) is 25.5 Å². The van der Waals surface area contributed by atoms with Gasteiger partial charge in [-0.05, 0) is 16.7 Å². The number of ether oxygens (including phenoxy) is 2. The Kier molecular flexibility index (Phi) is 4.68. The zero-order valence-electron chi connectivity index (χ0n) is 14.8. The van der Waals surface area contributed by atoms with Crippen molar-refractivity contribution in [1.29, 1.82) is 0 Å². The molecule has 0 radical (unpaired) electrons. The molecule has 2 saturated heterocycles. The fourth-order valence-corrected chi connectivity index (χ4v) is 3.75. The SMILES string of the molecule is O=C(O)[C@@H]1CC2(CN1C(=O)Cc1ccc(-c3ccccc3)cc1)OCCO2. The minimum atomic E-state index is -1.03. The summed E-state index contributed by atoms with van der Waals surface area (Å²) in [7, 11) is 0. The van der Waals surface area contributed by atoms with E-state index in [4.69, 9.17) is 9.47 Å². The molecule has 0 aromatic heterocycles. The first-order valence-corrected chi connectivity index (χ1v) is 9.01. The highest BCUT2D eigenvalue weighted by atomic mass is 16.7. The van der Waals surface area contributed by atoms with E-state index in [1.807, 2.05) is 54.6 Å². The molecule has 6 nitrogen and oxygen atoms in total. The average molecular weight is 367 g/mol. The summed E-state index contributed by atoms with van der Waals surface area (Å²) in [4.78, 5) is 25.8. The van der Waals surface area contributed by atoms with E-state index in [9.17, 15) is 14.7 Å². The van der Waals surface area contributed by atoms with E-state index in [1.54, 1.807) is 0 Å². The van der Waals surface area contributed by atoms with Crippen LogP contribution in [0.15, 0.2) is 54.6 Å². The van der Waals surface area contributed by atoms with Crippen LogP contribution in [0.1, 0.15) is 12.0 Å². The van der Waals surface area contributed by atoms with Crippen LogP contribution in [-0.4, -0.2) is 53.5 Å². The van der Waals surface area contributed by atoms with E-state index in [0.29, 0.717) is 13.2 Å². The fourth-order valence-electron chi connectivity index (χ4n) is 3.75. The van der Waals surface area contributed by atoms with Crippen LogP contribution < -0.4 is 0 Å². The predicted octanol–water partition coefficient (Wildman–Crippen LogP) is 2.32. The second kappa shape index (κ2) is 7.13. The number of hydrogen-bond donors (Lipinski definition) is 1. The molecule has 0 unspecified atom stereocenters. The summed E-state index contributed by atoms with van der Waals surface area (Å²) in [5.74, 6) is -2.22. The lowest BCUT2D eigenvalue weighted by Gasteiger charge is -2.23. The zero-order valence-corrected chi connectivity index (χ0v) is 14.8. The number of carboxylic acid groups (broad SMARTS) is 1. The van der Waals surface area contributed by atoms with Gasteiger partial charge in [-0.15, -0.1) is 0 Å². The third kappa shape index (κ3) is 3.59. The first-order valence-electron chi connectivity index (χ1n) is 9.01. The minimum Gasteiger partial charge on any atom is -0.480 e.